The molecule has 0 aliphatic rings. The lowest BCUT2D eigenvalue weighted by Crippen LogP contribution is -2.30. The van der Waals surface area contributed by atoms with E-state index in [-0.39, 0.29) is 19.1 Å². The van der Waals surface area contributed by atoms with Gasteiger partial charge in [-0.15, -0.1) is 0 Å². The van der Waals surface area contributed by atoms with Crippen molar-refractivity contribution in [2.75, 3.05) is 6.54 Å². The molecule has 4 nitrogen and oxygen atoms in total. The average molecular weight is 363 g/mol. The molecule has 0 spiro atoms. The lowest BCUT2D eigenvalue weighted by atomic mass is 10.0. The highest BCUT2D eigenvalue weighted by Crippen LogP contribution is 2.19. The van der Waals surface area contributed by atoms with E-state index in [0.717, 1.165) is 11.1 Å². The van der Waals surface area contributed by atoms with Gasteiger partial charge >= 0.3 is 5.97 Å². The quantitative estimate of drug-likeness (QED) is 0.675. The molecule has 3 aromatic carbocycles. The van der Waals surface area contributed by atoms with E-state index in [4.69, 9.17) is 4.74 Å². The van der Waals surface area contributed by atoms with Gasteiger partial charge in [0.1, 0.15) is 19.0 Å². The van der Waals surface area contributed by atoms with Crippen LogP contribution in [-0.4, -0.2) is 18.4 Å². The summed E-state index contributed by atoms with van der Waals surface area (Å²) in [5.74, 6) is -1.35. The van der Waals surface area contributed by atoms with Crippen LogP contribution in [0.4, 0.5) is 4.39 Å². The van der Waals surface area contributed by atoms with Crippen LogP contribution in [0.5, 0.6) is 0 Å². The molecule has 27 heavy (non-hydrogen) atoms. The number of esters is 1. The maximum Gasteiger partial charge on any atom is 0.325 e. The summed E-state index contributed by atoms with van der Waals surface area (Å²) in [5.41, 5.74) is 3.06. The maximum absolute atomic E-state index is 13.1. The van der Waals surface area contributed by atoms with Crippen LogP contribution >= 0.6 is 0 Å². The first-order valence-corrected chi connectivity index (χ1v) is 8.45. The summed E-state index contributed by atoms with van der Waals surface area (Å²) >= 11 is 0. The number of ether oxygens (including phenoxy) is 1. The van der Waals surface area contributed by atoms with E-state index in [2.05, 4.69) is 5.32 Å². The highest BCUT2D eigenvalue weighted by molar-refractivity contribution is 5.96. The molecule has 0 unspecified atom stereocenters. The van der Waals surface area contributed by atoms with Crippen LogP contribution in [0.15, 0.2) is 78.9 Å². The van der Waals surface area contributed by atoms with Gasteiger partial charge in [0.25, 0.3) is 5.91 Å². The second-order valence-electron chi connectivity index (χ2n) is 5.92. The number of hydrogen-bond donors (Lipinski definition) is 1. The third-order valence-corrected chi connectivity index (χ3v) is 3.94. The fraction of sp³-hybridized carbons (Fsp3) is 0.0909. The van der Waals surface area contributed by atoms with E-state index in [1.807, 2.05) is 42.5 Å². The molecule has 5 heteroatoms. The third kappa shape index (κ3) is 5.25. The van der Waals surface area contributed by atoms with Crippen molar-refractivity contribution in [2.24, 2.45) is 0 Å². The molecule has 0 aliphatic carbocycles. The SMILES string of the molecule is O=C(CNC(=O)c1ccc(-c2ccccc2)cc1)OCc1cccc(F)c1. The predicted octanol–water partition coefficient (Wildman–Crippen LogP) is 3.97. The number of benzene rings is 3. The Bertz CT molecular complexity index is 924. The highest BCUT2D eigenvalue weighted by atomic mass is 19.1. The van der Waals surface area contributed by atoms with Crippen molar-refractivity contribution in [3.8, 4) is 11.1 Å². The van der Waals surface area contributed by atoms with Crippen LogP contribution in [0.3, 0.4) is 0 Å². The predicted molar refractivity (Wildman–Crippen MR) is 100 cm³/mol. The Kier molecular flexibility index (Phi) is 5.94. The Balaban J connectivity index is 1.49. The number of halogens is 1. The fourth-order valence-electron chi connectivity index (χ4n) is 2.54. The van der Waals surface area contributed by atoms with Gasteiger partial charge in [-0.3, -0.25) is 9.59 Å². The fourth-order valence-corrected chi connectivity index (χ4v) is 2.54. The molecule has 136 valence electrons. The minimum absolute atomic E-state index is 0.0434. The molecule has 1 amide bonds. The summed E-state index contributed by atoms with van der Waals surface area (Å²) in [4.78, 5) is 23.9. The van der Waals surface area contributed by atoms with Crippen LogP contribution in [0.25, 0.3) is 11.1 Å². The van der Waals surface area contributed by atoms with Crippen LogP contribution in [0, 0.1) is 5.82 Å². The van der Waals surface area contributed by atoms with Gasteiger partial charge in [0.2, 0.25) is 0 Å². The zero-order chi connectivity index (χ0) is 19.1. The molecule has 0 saturated heterocycles. The molecule has 0 saturated carbocycles. The number of rotatable bonds is 6. The van der Waals surface area contributed by atoms with Crippen molar-refractivity contribution in [1.29, 1.82) is 0 Å². The van der Waals surface area contributed by atoms with E-state index in [1.165, 1.54) is 12.1 Å². The molecular formula is C22H18FNO3. The van der Waals surface area contributed by atoms with Gasteiger partial charge in [0.05, 0.1) is 0 Å². The summed E-state index contributed by atoms with van der Waals surface area (Å²) in [6, 6.07) is 22.7. The smallest absolute Gasteiger partial charge is 0.325 e. The van der Waals surface area contributed by atoms with Crippen LogP contribution in [0.2, 0.25) is 0 Å². The average Bonchev–Trinajstić information content (AvgIpc) is 2.71. The second kappa shape index (κ2) is 8.76. The molecule has 0 heterocycles. The minimum Gasteiger partial charge on any atom is -0.460 e. The van der Waals surface area contributed by atoms with Crippen LogP contribution in [0.1, 0.15) is 15.9 Å². The normalized spacial score (nSPS) is 10.3. The van der Waals surface area contributed by atoms with Gasteiger partial charge in [0, 0.05) is 5.56 Å². The number of carbonyl (C=O) groups excluding carboxylic acids is 2. The minimum atomic E-state index is -0.589. The van der Waals surface area contributed by atoms with Gasteiger partial charge in [-0.2, -0.15) is 0 Å². The molecule has 0 radical (unpaired) electrons. The van der Waals surface area contributed by atoms with Gasteiger partial charge < -0.3 is 10.1 Å². The summed E-state index contributed by atoms with van der Waals surface area (Å²) in [6.07, 6.45) is 0. The molecule has 0 aromatic heterocycles. The number of hydrogen-bond acceptors (Lipinski definition) is 3. The van der Waals surface area contributed by atoms with Gasteiger partial charge in [-0.25, -0.2) is 4.39 Å². The Morgan fingerprint density at radius 1 is 0.852 bits per heavy atom. The van der Waals surface area contributed by atoms with E-state index < -0.39 is 11.8 Å². The molecule has 0 fully saturated rings. The zero-order valence-electron chi connectivity index (χ0n) is 14.5. The lowest BCUT2D eigenvalue weighted by molar-refractivity contribution is -0.143. The third-order valence-electron chi connectivity index (χ3n) is 3.94. The Morgan fingerprint density at radius 3 is 2.26 bits per heavy atom. The standard InChI is InChI=1S/C22H18FNO3/c23-20-8-4-5-16(13-20)15-27-21(25)14-24-22(26)19-11-9-18(10-12-19)17-6-2-1-3-7-17/h1-13H,14-15H2,(H,24,26). The van der Waals surface area contributed by atoms with Crippen molar-refractivity contribution in [1.82, 2.24) is 5.32 Å². The summed E-state index contributed by atoms with van der Waals surface area (Å²) in [7, 11) is 0. The van der Waals surface area contributed by atoms with Crippen LogP contribution in [-0.2, 0) is 16.1 Å². The van der Waals surface area contributed by atoms with E-state index >= 15 is 0 Å². The van der Waals surface area contributed by atoms with Crippen LogP contribution < -0.4 is 5.32 Å². The summed E-state index contributed by atoms with van der Waals surface area (Å²) in [6.45, 7) is -0.299. The number of amides is 1. The van der Waals surface area contributed by atoms with E-state index in [1.54, 1.807) is 24.3 Å². The van der Waals surface area contributed by atoms with Crippen molar-refractivity contribution in [3.63, 3.8) is 0 Å². The topological polar surface area (TPSA) is 55.4 Å². The largest absolute Gasteiger partial charge is 0.460 e. The van der Waals surface area contributed by atoms with E-state index in [0.29, 0.717) is 11.1 Å². The first kappa shape index (κ1) is 18.3. The maximum atomic E-state index is 13.1. The number of nitrogens with one attached hydrogen (secondary N) is 1. The van der Waals surface area contributed by atoms with Crippen molar-refractivity contribution in [3.05, 3.63) is 95.8 Å². The zero-order valence-corrected chi connectivity index (χ0v) is 14.5. The van der Waals surface area contributed by atoms with E-state index in [9.17, 15) is 14.0 Å². The summed E-state index contributed by atoms with van der Waals surface area (Å²) < 4.78 is 18.1. The lowest BCUT2D eigenvalue weighted by Gasteiger charge is -2.08. The molecule has 0 aliphatic heterocycles. The number of carbonyl (C=O) groups is 2. The highest BCUT2D eigenvalue weighted by Gasteiger charge is 2.09. The van der Waals surface area contributed by atoms with Gasteiger partial charge in [0.15, 0.2) is 0 Å². The van der Waals surface area contributed by atoms with Gasteiger partial charge in [-0.05, 0) is 41.0 Å². The first-order valence-electron chi connectivity index (χ1n) is 8.45. The van der Waals surface area contributed by atoms with Gasteiger partial charge in [-0.1, -0.05) is 54.6 Å². The first-order chi connectivity index (χ1) is 13.1. The van der Waals surface area contributed by atoms with Crippen molar-refractivity contribution in [2.45, 2.75) is 6.61 Å². The molecule has 3 rings (SSSR count). The molecule has 0 atom stereocenters. The Morgan fingerprint density at radius 2 is 1.56 bits per heavy atom. The second-order valence-corrected chi connectivity index (χ2v) is 5.92. The monoisotopic (exact) mass is 363 g/mol. The Hall–Kier alpha value is -3.47. The molecule has 1 N–H and O–H groups in total. The molecular weight excluding hydrogens is 345 g/mol. The van der Waals surface area contributed by atoms with Crippen molar-refractivity contribution < 1.29 is 18.7 Å². The Labute approximate surface area is 156 Å². The van der Waals surface area contributed by atoms with Crippen molar-refractivity contribution >= 4 is 11.9 Å². The molecule has 3 aromatic rings. The molecule has 0 bridgehead atoms. The summed E-state index contributed by atoms with van der Waals surface area (Å²) in [5, 5.41) is 2.52.